The average Bonchev–Trinajstić information content (AvgIpc) is 3.61. The van der Waals surface area contributed by atoms with Gasteiger partial charge in [-0.2, -0.15) is 0 Å². The Kier molecular flexibility index (Phi) is 10.0. The summed E-state index contributed by atoms with van der Waals surface area (Å²) in [6, 6.07) is 18.4. The van der Waals surface area contributed by atoms with Crippen molar-refractivity contribution in [2.24, 2.45) is 0 Å². The topological polar surface area (TPSA) is 14.2 Å². The maximum Gasteiger partial charge on any atom is 0.173 e. The molecule has 0 unspecified atom stereocenters. The lowest BCUT2D eigenvalue weighted by Crippen LogP contribution is -2.34. The molecule has 0 aliphatic carbocycles. The number of unbranched alkanes of at least 4 members (excludes halogenated alkanes) is 2. The number of rotatable bonds is 8. The Hall–Kier alpha value is -3.44. The van der Waals surface area contributed by atoms with Gasteiger partial charge in [0.2, 0.25) is 0 Å². The number of hydrogen-bond donors (Lipinski definition) is 0. The van der Waals surface area contributed by atoms with Crippen molar-refractivity contribution >= 4 is 0 Å². The number of aromatic nitrogens is 2. The molecule has 0 saturated carbocycles. The van der Waals surface area contributed by atoms with Crippen molar-refractivity contribution in [3.05, 3.63) is 95.6 Å². The molecular formula is C36H44N4+2. The molecular weight excluding hydrogens is 488 g/mol. The van der Waals surface area contributed by atoms with Crippen LogP contribution >= 0.6 is 0 Å². The molecule has 1 aromatic carbocycles. The summed E-state index contributed by atoms with van der Waals surface area (Å²) >= 11 is 0. The second-order valence-electron chi connectivity index (χ2n) is 11.4. The molecule has 0 spiro atoms. The predicted molar refractivity (Wildman–Crippen MR) is 161 cm³/mol. The fourth-order valence-electron chi connectivity index (χ4n) is 6.14. The van der Waals surface area contributed by atoms with Gasteiger partial charge in [0, 0.05) is 72.2 Å². The molecule has 0 amide bonds. The number of aryl methyl sites for hydroxylation is 2. The highest BCUT2D eigenvalue weighted by Crippen LogP contribution is 2.30. The Morgan fingerprint density at radius 2 is 1.15 bits per heavy atom. The van der Waals surface area contributed by atoms with Gasteiger partial charge in [-0.1, -0.05) is 35.8 Å². The fraction of sp³-hybridized carbons (Fsp3) is 0.444. The first kappa shape index (κ1) is 28.1. The maximum atomic E-state index is 3.40. The molecule has 2 fully saturated rings. The van der Waals surface area contributed by atoms with Crippen LogP contribution in [0.4, 0.5) is 0 Å². The van der Waals surface area contributed by atoms with Crippen LogP contribution in [0.5, 0.6) is 0 Å². The lowest BCUT2D eigenvalue weighted by atomic mass is 10.1. The van der Waals surface area contributed by atoms with E-state index in [9.17, 15) is 0 Å². The molecule has 2 saturated heterocycles. The van der Waals surface area contributed by atoms with Crippen LogP contribution < -0.4 is 9.13 Å². The molecule has 2 atom stereocenters. The van der Waals surface area contributed by atoms with Crippen LogP contribution in [0.15, 0.2) is 73.3 Å². The SMILES string of the molecule is CN1CCC[C@@H]1c1ccc[n+](CCCC#Cc2ccccc2C#CCCC[n+]2cccc([C@H]3CCCN3C)c2)c1. The van der Waals surface area contributed by atoms with E-state index in [1.54, 1.807) is 0 Å². The van der Waals surface area contributed by atoms with Crippen molar-refractivity contribution in [3.63, 3.8) is 0 Å². The van der Waals surface area contributed by atoms with Gasteiger partial charge in [0.1, 0.15) is 13.1 Å². The molecule has 0 bridgehead atoms. The molecule has 4 heterocycles. The molecule has 40 heavy (non-hydrogen) atoms. The van der Waals surface area contributed by atoms with Gasteiger partial charge in [0.15, 0.2) is 24.8 Å². The normalized spacial score (nSPS) is 19.1. The summed E-state index contributed by atoms with van der Waals surface area (Å²) < 4.78 is 4.65. The minimum absolute atomic E-state index is 0.568. The first-order valence-electron chi connectivity index (χ1n) is 15.1. The van der Waals surface area contributed by atoms with E-state index in [1.807, 2.05) is 0 Å². The smallest absolute Gasteiger partial charge is 0.173 e. The lowest BCUT2D eigenvalue weighted by molar-refractivity contribution is -0.697. The molecule has 206 valence electrons. The van der Waals surface area contributed by atoms with Crippen LogP contribution in [0.2, 0.25) is 0 Å². The molecule has 2 aliphatic rings. The monoisotopic (exact) mass is 532 g/mol. The second kappa shape index (κ2) is 14.3. The van der Waals surface area contributed by atoms with Gasteiger partial charge in [-0.25, -0.2) is 9.13 Å². The number of hydrogen-bond acceptors (Lipinski definition) is 2. The Morgan fingerprint density at radius 3 is 1.57 bits per heavy atom. The summed E-state index contributed by atoms with van der Waals surface area (Å²) in [5, 5.41) is 0. The van der Waals surface area contributed by atoms with E-state index in [2.05, 4.69) is 130 Å². The largest absolute Gasteiger partial charge is 0.299 e. The van der Waals surface area contributed by atoms with Gasteiger partial charge in [-0.15, -0.1) is 0 Å². The zero-order chi connectivity index (χ0) is 27.6. The molecule has 0 N–H and O–H groups in total. The van der Waals surface area contributed by atoms with Crippen LogP contribution in [0.1, 0.15) is 85.7 Å². The number of pyridine rings is 2. The number of likely N-dealkylation sites (tertiary alicyclic amines) is 2. The van der Waals surface area contributed by atoms with E-state index in [4.69, 9.17) is 0 Å². The number of nitrogens with zero attached hydrogens (tertiary/aromatic N) is 4. The van der Waals surface area contributed by atoms with Crippen LogP contribution in [0.25, 0.3) is 0 Å². The van der Waals surface area contributed by atoms with Gasteiger partial charge >= 0.3 is 0 Å². The van der Waals surface area contributed by atoms with Gasteiger partial charge in [-0.3, -0.25) is 9.80 Å². The lowest BCUT2D eigenvalue weighted by Gasteiger charge is -2.18. The Labute approximate surface area is 241 Å². The van der Waals surface area contributed by atoms with Gasteiger partial charge < -0.3 is 0 Å². The standard InChI is InChI=1S/C36H44N4/c1-37-23-13-21-35(37)33-19-11-27-39(29-33)25-9-3-5-15-31-17-7-8-18-32(31)16-6-4-10-26-40-28-12-20-34(30-40)36-22-14-24-38(36)2/h7-8,11-12,17-20,27-30,35-36H,3-4,9-10,13-14,21-26H2,1-2H3/q+2/t35-,36-/m1/s1. The van der Waals surface area contributed by atoms with E-state index >= 15 is 0 Å². The van der Waals surface area contributed by atoms with Crippen LogP contribution in [-0.4, -0.2) is 37.0 Å². The average molecular weight is 533 g/mol. The Bertz CT molecular complexity index is 1280. The molecule has 3 aromatic rings. The molecule has 2 aliphatic heterocycles. The van der Waals surface area contributed by atoms with Crippen LogP contribution in [-0.2, 0) is 13.1 Å². The zero-order valence-electron chi connectivity index (χ0n) is 24.4. The molecule has 4 heteroatoms. The van der Waals surface area contributed by atoms with Crippen molar-refractivity contribution in [2.75, 3.05) is 27.2 Å². The highest BCUT2D eigenvalue weighted by atomic mass is 15.2. The van der Waals surface area contributed by atoms with Crippen molar-refractivity contribution in [1.29, 1.82) is 0 Å². The van der Waals surface area contributed by atoms with E-state index in [1.165, 1.54) is 49.9 Å². The van der Waals surface area contributed by atoms with E-state index < -0.39 is 0 Å². The summed E-state index contributed by atoms with van der Waals surface area (Å²) in [6.45, 7) is 4.40. The third-order valence-corrected chi connectivity index (χ3v) is 8.38. The van der Waals surface area contributed by atoms with E-state index in [-0.39, 0.29) is 0 Å². The van der Waals surface area contributed by atoms with E-state index in [0.717, 1.165) is 49.9 Å². The van der Waals surface area contributed by atoms with Gasteiger partial charge in [0.25, 0.3) is 0 Å². The maximum absolute atomic E-state index is 3.40. The zero-order valence-corrected chi connectivity index (χ0v) is 24.4. The molecule has 5 rings (SSSR count). The Balaban J connectivity index is 1.09. The summed E-state index contributed by atoms with van der Waals surface area (Å²) in [6.07, 6.45) is 18.0. The van der Waals surface area contributed by atoms with Crippen LogP contribution in [0, 0.1) is 23.7 Å². The first-order valence-corrected chi connectivity index (χ1v) is 15.1. The minimum Gasteiger partial charge on any atom is -0.299 e. The third kappa shape index (κ3) is 7.60. The van der Waals surface area contributed by atoms with Crippen molar-refractivity contribution in [3.8, 4) is 23.7 Å². The first-order chi connectivity index (χ1) is 19.7. The number of benzene rings is 1. The third-order valence-electron chi connectivity index (χ3n) is 8.38. The summed E-state index contributed by atoms with van der Waals surface area (Å²) in [5.74, 6) is 13.6. The second-order valence-corrected chi connectivity index (χ2v) is 11.4. The van der Waals surface area contributed by atoms with Crippen molar-refractivity contribution in [2.45, 2.75) is 76.5 Å². The van der Waals surface area contributed by atoms with E-state index in [0.29, 0.717) is 12.1 Å². The highest BCUT2D eigenvalue weighted by Gasteiger charge is 2.25. The van der Waals surface area contributed by atoms with Gasteiger partial charge in [-0.05, 0) is 77.1 Å². The molecule has 4 nitrogen and oxygen atoms in total. The minimum atomic E-state index is 0.568. The molecule has 2 aromatic heterocycles. The summed E-state index contributed by atoms with van der Waals surface area (Å²) in [7, 11) is 4.48. The Morgan fingerprint density at radius 1 is 0.675 bits per heavy atom. The molecule has 0 radical (unpaired) electrons. The van der Waals surface area contributed by atoms with Crippen molar-refractivity contribution in [1.82, 2.24) is 9.80 Å². The summed E-state index contributed by atoms with van der Waals surface area (Å²) in [5.41, 5.74) is 4.95. The van der Waals surface area contributed by atoms with Gasteiger partial charge in [0.05, 0.1) is 0 Å². The fourth-order valence-corrected chi connectivity index (χ4v) is 6.14. The highest BCUT2D eigenvalue weighted by molar-refractivity contribution is 5.49. The van der Waals surface area contributed by atoms with Crippen LogP contribution in [0.3, 0.4) is 0 Å². The summed E-state index contributed by atoms with van der Waals surface area (Å²) in [4.78, 5) is 4.94. The quantitative estimate of drug-likeness (QED) is 0.217. The van der Waals surface area contributed by atoms with Crippen molar-refractivity contribution < 1.29 is 9.13 Å². The predicted octanol–water partition coefficient (Wildman–Crippen LogP) is 5.46.